The third-order valence-electron chi connectivity index (χ3n) is 3.49. The number of aromatic nitrogens is 2. The van der Waals surface area contributed by atoms with E-state index in [4.69, 9.17) is 5.73 Å². The van der Waals surface area contributed by atoms with Crippen molar-refractivity contribution >= 4 is 0 Å². The largest absolute Gasteiger partial charge is 0.319 e. The summed E-state index contributed by atoms with van der Waals surface area (Å²) in [7, 11) is 1.94. The second-order valence-corrected chi connectivity index (χ2v) is 6.18. The van der Waals surface area contributed by atoms with Crippen molar-refractivity contribution in [3.8, 4) is 0 Å². The third-order valence-corrected chi connectivity index (χ3v) is 3.49. The highest BCUT2D eigenvalue weighted by atomic mass is 15.3. The van der Waals surface area contributed by atoms with Crippen LogP contribution in [0.1, 0.15) is 49.3 Å². The highest BCUT2D eigenvalue weighted by Crippen LogP contribution is 2.25. The Hall–Kier alpha value is -1.61. The Bertz CT molecular complexity index is 559. The highest BCUT2D eigenvalue weighted by molar-refractivity contribution is 5.33. The quantitative estimate of drug-likeness (QED) is 0.898. The van der Waals surface area contributed by atoms with Gasteiger partial charge in [-0.1, -0.05) is 45.0 Å². The Morgan fingerprint density at radius 2 is 1.74 bits per heavy atom. The molecule has 3 heteroatoms. The van der Waals surface area contributed by atoms with Crippen LogP contribution in [0.15, 0.2) is 30.3 Å². The van der Waals surface area contributed by atoms with Gasteiger partial charge in [-0.2, -0.15) is 5.10 Å². The first kappa shape index (κ1) is 13.8. The van der Waals surface area contributed by atoms with Gasteiger partial charge in [-0.15, -0.1) is 0 Å². The summed E-state index contributed by atoms with van der Waals surface area (Å²) in [5.41, 5.74) is 11.0. The average molecular weight is 257 g/mol. The molecule has 1 aromatic carbocycles. The minimum atomic E-state index is -0.125. The summed E-state index contributed by atoms with van der Waals surface area (Å²) in [6.07, 6.45) is 0. The van der Waals surface area contributed by atoms with Crippen LogP contribution < -0.4 is 5.73 Å². The molecule has 2 aromatic rings. The maximum atomic E-state index is 6.33. The lowest BCUT2D eigenvalue weighted by molar-refractivity contribution is 0.589. The fraction of sp³-hybridized carbons (Fsp3) is 0.438. The summed E-state index contributed by atoms with van der Waals surface area (Å²) >= 11 is 0. The van der Waals surface area contributed by atoms with Gasteiger partial charge in [0.2, 0.25) is 0 Å². The molecule has 1 atom stereocenters. The number of nitrogens with two attached hydrogens (primary N) is 1. The molecule has 0 bridgehead atoms. The van der Waals surface area contributed by atoms with E-state index in [-0.39, 0.29) is 11.5 Å². The van der Waals surface area contributed by atoms with E-state index in [1.807, 2.05) is 24.7 Å². The van der Waals surface area contributed by atoms with Crippen molar-refractivity contribution in [2.75, 3.05) is 0 Å². The minimum absolute atomic E-state index is 0.125. The lowest BCUT2D eigenvalue weighted by atomic mass is 9.86. The maximum Gasteiger partial charge on any atom is 0.0723 e. The van der Waals surface area contributed by atoms with Gasteiger partial charge in [0, 0.05) is 7.05 Å². The third kappa shape index (κ3) is 2.87. The summed E-state index contributed by atoms with van der Waals surface area (Å²) in [4.78, 5) is 0. The normalized spacial score (nSPS) is 13.6. The summed E-state index contributed by atoms with van der Waals surface area (Å²) < 4.78 is 1.86. The van der Waals surface area contributed by atoms with Gasteiger partial charge in [0.25, 0.3) is 0 Å². The maximum absolute atomic E-state index is 6.33. The summed E-state index contributed by atoms with van der Waals surface area (Å²) in [5, 5.41) is 4.35. The Morgan fingerprint density at radius 1 is 1.16 bits per heavy atom. The van der Waals surface area contributed by atoms with Crippen LogP contribution in [-0.2, 0) is 12.5 Å². The standard InChI is InChI=1S/C16H23N3/c1-11-10-14(19(5)18-11)15(17)12-6-8-13(9-7-12)16(2,3)4/h6-10,15H,17H2,1-5H3. The predicted molar refractivity (Wildman–Crippen MR) is 79.1 cm³/mol. The fourth-order valence-electron chi connectivity index (χ4n) is 2.28. The van der Waals surface area contributed by atoms with Gasteiger partial charge < -0.3 is 5.73 Å². The molecule has 0 radical (unpaired) electrons. The van der Waals surface area contributed by atoms with Crippen molar-refractivity contribution in [1.29, 1.82) is 0 Å². The van der Waals surface area contributed by atoms with Crippen molar-refractivity contribution in [2.24, 2.45) is 12.8 Å². The van der Waals surface area contributed by atoms with Crippen LogP contribution >= 0.6 is 0 Å². The lowest BCUT2D eigenvalue weighted by Gasteiger charge is -2.20. The molecule has 19 heavy (non-hydrogen) atoms. The summed E-state index contributed by atoms with van der Waals surface area (Å²) in [6, 6.07) is 10.5. The molecular weight excluding hydrogens is 234 g/mol. The van der Waals surface area contributed by atoms with Crippen molar-refractivity contribution in [2.45, 2.75) is 39.2 Å². The lowest BCUT2D eigenvalue weighted by Crippen LogP contribution is -2.17. The summed E-state index contributed by atoms with van der Waals surface area (Å²) in [6.45, 7) is 8.63. The molecule has 0 spiro atoms. The van der Waals surface area contributed by atoms with E-state index < -0.39 is 0 Å². The van der Waals surface area contributed by atoms with Gasteiger partial charge in [0.05, 0.1) is 17.4 Å². The molecule has 1 heterocycles. The Kier molecular flexibility index (Phi) is 3.50. The molecule has 0 saturated heterocycles. The van der Waals surface area contributed by atoms with Crippen molar-refractivity contribution < 1.29 is 0 Å². The molecule has 0 aliphatic heterocycles. The number of hydrogen-bond acceptors (Lipinski definition) is 2. The number of nitrogens with zero attached hydrogens (tertiary/aromatic N) is 2. The van der Waals surface area contributed by atoms with Gasteiger partial charge in [0.1, 0.15) is 0 Å². The van der Waals surface area contributed by atoms with Gasteiger partial charge in [-0.3, -0.25) is 4.68 Å². The molecule has 0 aliphatic rings. The zero-order chi connectivity index (χ0) is 14.2. The smallest absolute Gasteiger partial charge is 0.0723 e. The van der Waals surface area contributed by atoms with Crippen LogP contribution in [0.25, 0.3) is 0 Å². The Morgan fingerprint density at radius 3 is 2.16 bits per heavy atom. The molecule has 1 unspecified atom stereocenters. The van der Waals surface area contributed by atoms with Gasteiger partial charge in [-0.05, 0) is 29.5 Å². The van der Waals surface area contributed by atoms with E-state index in [0.29, 0.717) is 0 Å². The zero-order valence-corrected chi connectivity index (χ0v) is 12.4. The Balaban J connectivity index is 2.30. The number of aryl methyl sites for hydroxylation is 2. The molecular formula is C16H23N3. The predicted octanol–water partition coefficient (Wildman–Crippen LogP) is 3.07. The second-order valence-electron chi connectivity index (χ2n) is 6.18. The first-order valence-electron chi connectivity index (χ1n) is 6.65. The second kappa shape index (κ2) is 4.82. The molecule has 0 saturated carbocycles. The topological polar surface area (TPSA) is 43.8 Å². The van der Waals surface area contributed by atoms with Crippen LogP contribution in [-0.4, -0.2) is 9.78 Å². The van der Waals surface area contributed by atoms with E-state index >= 15 is 0 Å². The van der Waals surface area contributed by atoms with Gasteiger partial charge in [0.15, 0.2) is 0 Å². The van der Waals surface area contributed by atoms with E-state index in [9.17, 15) is 0 Å². The van der Waals surface area contributed by atoms with E-state index in [2.05, 4.69) is 50.1 Å². The monoisotopic (exact) mass is 257 g/mol. The molecule has 3 nitrogen and oxygen atoms in total. The van der Waals surface area contributed by atoms with Gasteiger partial charge >= 0.3 is 0 Å². The van der Waals surface area contributed by atoms with Crippen LogP contribution in [0.4, 0.5) is 0 Å². The molecule has 1 aromatic heterocycles. The van der Waals surface area contributed by atoms with Crippen LogP contribution in [0.2, 0.25) is 0 Å². The van der Waals surface area contributed by atoms with Crippen molar-refractivity contribution in [3.63, 3.8) is 0 Å². The summed E-state index contributed by atoms with van der Waals surface area (Å²) in [5.74, 6) is 0. The van der Waals surface area contributed by atoms with Crippen molar-refractivity contribution in [3.05, 3.63) is 52.8 Å². The highest BCUT2D eigenvalue weighted by Gasteiger charge is 2.16. The number of hydrogen-bond donors (Lipinski definition) is 1. The minimum Gasteiger partial charge on any atom is -0.319 e. The fourth-order valence-corrected chi connectivity index (χ4v) is 2.28. The number of rotatable bonds is 2. The first-order valence-corrected chi connectivity index (χ1v) is 6.65. The Labute approximate surface area is 115 Å². The zero-order valence-electron chi connectivity index (χ0n) is 12.4. The van der Waals surface area contributed by atoms with Crippen LogP contribution in [0.5, 0.6) is 0 Å². The molecule has 2 rings (SSSR count). The molecule has 2 N–H and O–H groups in total. The molecule has 102 valence electrons. The van der Waals surface area contributed by atoms with E-state index in [1.54, 1.807) is 0 Å². The first-order chi connectivity index (χ1) is 8.79. The molecule has 0 aliphatic carbocycles. The van der Waals surface area contributed by atoms with Crippen molar-refractivity contribution in [1.82, 2.24) is 9.78 Å². The van der Waals surface area contributed by atoms with E-state index in [1.165, 1.54) is 5.56 Å². The van der Waals surface area contributed by atoms with Gasteiger partial charge in [-0.25, -0.2) is 0 Å². The number of benzene rings is 1. The SMILES string of the molecule is Cc1cc(C(N)c2ccc(C(C)(C)C)cc2)n(C)n1. The molecule has 0 amide bonds. The van der Waals surface area contributed by atoms with Crippen LogP contribution in [0.3, 0.4) is 0 Å². The average Bonchev–Trinajstić information content (AvgIpc) is 2.66. The molecule has 0 fully saturated rings. The van der Waals surface area contributed by atoms with E-state index in [0.717, 1.165) is 17.0 Å². The van der Waals surface area contributed by atoms with Crippen LogP contribution in [0, 0.1) is 6.92 Å².